The van der Waals surface area contributed by atoms with Crippen molar-refractivity contribution in [2.75, 3.05) is 36.0 Å². The van der Waals surface area contributed by atoms with Crippen molar-refractivity contribution in [1.82, 2.24) is 0 Å². The number of aryl methyl sites for hydroxylation is 1. The van der Waals surface area contributed by atoms with Gasteiger partial charge in [-0.3, -0.25) is 0 Å². The molecule has 0 bridgehead atoms. The molecule has 0 aromatic heterocycles. The number of benzene rings is 3. The Kier molecular flexibility index (Phi) is 5.25. The summed E-state index contributed by atoms with van der Waals surface area (Å²) >= 11 is 0. The molecule has 2 heteroatoms. The van der Waals surface area contributed by atoms with E-state index in [2.05, 4.69) is 90.4 Å². The van der Waals surface area contributed by atoms with E-state index in [9.17, 15) is 0 Å². The second-order valence-electron chi connectivity index (χ2n) is 10.2. The van der Waals surface area contributed by atoms with E-state index < -0.39 is 0 Å². The summed E-state index contributed by atoms with van der Waals surface area (Å²) in [7, 11) is 0. The summed E-state index contributed by atoms with van der Waals surface area (Å²) < 4.78 is 0. The fourth-order valence-electron chi connectivity index (χ4n) is 5.92. The summed E-state index contributed by atoms with van der Waals surface area (Å²) in [5.41, 5.74) is 10.3. The van der Waals surface area contributed by atoms with E-state index in [1.54, 1.807) is 11.1 Å². The number of nitrogens with zero attached hydrogens (tertiary/aromatic N) is 2. The molecule has 0 spiro atoms. The molecule has 6 rings (SSSR count). The van der Waals surface area contributed by atoms with Gasteiger partial charge < -0.3 is 9.80 Å². The molecule has 1 fully saturated rings. The minimum Gasteiger partial charge on any atom is -0.368 e. The third-order valence-corrected chi connectivity index (χ3v) is 7.93. The Morgan fingerprint density at radius 2 is 1.45 bits per heavy atom. The lowest BCUT2D eigenvalue weighted by Gasteiger charge is -2.37. The van der Waals surface area contributed by atoms with Crippen LogP contribution in [0.2, 0.25) is 0 Å². The highest BCUT2D eigenvalue weighted by Crippen LogP contribution is 2.40. The van der Waals surface area contributed by atoms with Crippen molar-refractivity contribution in [3.8, 4) is 0 Å². The smallest absolute Gasteiger partial charge is 0.0373 e. The molecule has 3 aromatic carbocycles. The summed E-state index contributed by atoms with van der Waals surface area (Å²) in [6.45, 7) is 8.81. The number of piperazine rings is 1. The van der Waals surface area contributed by atoms with Gasteiger partial charge in [0.15, 0.2) is 0 Å². The molecule has 33 heavy (non-hydrogen) atoms. The normalized spacial score (nSPS) is 18.2. The van der Waals surface area contributed by atoms with Gasteiger partial charge in [0, 0.05) is 37.6 Å². The molecule has 1 heterocycles. The Bertz CT molecular complexity index is 1240. The van der Waals surface area contributed by atoms with Gasteiger partial charge >= 0.3 is 0 Å². The highest BCUT2D eigenvalue weighted by molar-refractivity contribution is 5.95. The quantitative estimate of drug-likeness (QED) is 0.425. The van der Waals surface area contributed by atoms with Gasteiger partial charge in [0.2, 0.25) is 0 Å². The Balaban J connectivity index is 1.21. The van der Waals surface area contributed by atoms with Gasteiger partial charge in [-0.1, -0.05) is 61.9 Å². The van der Waals surface area contributed by atoms with Crippen LogP contribution in [0.25, 0.3) is 16.3 Å². The average molecular weight is 435 g/mol. The van der Waals surface area contributed by atoms with Crippen LogP contribution >= 0.6 is 0 Å². The molecule has 1 saturated heterocycles. The van der Waals surface area contributed by atoms with Crippen LogP contribution in [-0.4, -0.2) is 26.2 Å². The number of rotatable bonds is 3. The second kappa shape index (κ2) is 8.41. The number of hydrogen-bond donors (Lipinski definition) is 0. The lowest BCUT2D eigenvalue weighted by Crippen LogP contribution is -2.46. The molecule has 3 aromatic rings. The summed E-state index contributed by atoms with van der Waals surface area (Å²) in [6, 6.07) is 21.1. The first-order chi connectivity index (χ1) is 16.2. The molecule has 0 radical (unpaired) electrons. The number of hydrogen-bond acceptors (Lipinski definition) is 2. The highest BCUT2D eigenvalue weighted by Gasteiger charge is 2.22. The molecule has 0 saturated carbocycles. The molecule has 168 valence electrons. The molecule has 3 aliphatic rings. The van der Waals surface area contributed by atoms with E-state index >= 15 is 0 Å². The maximum absolute atomic E-state index is 2.56. The fourth-order valence-corrected chi connectivity index (χ4v) is 5.92. The topological polar surface area (TPSA) is 6.48 Å². The Morgan fingerprint density at radius 3 is 2.21 bits per heavy atom. The number of allylic oxidation sites excluding steroid dienone is 4. The molecule has 1 aliphatic heterocycles. The molecule has 0 unspecified atom stereocenters. The molecule has 0 N–H and O–H groups in total. The Hall–Kier alpha value is -3.00. The first-order valence-corrected chi connectivity index (χ1v) is 12.7. The first-order valence-electron chi connectivity index (χ1n) is 12.7. The standard InChI is InChI=1S/C31H34N2/c1-22(2)23-7-11-26(12-8-23)32-17-19-33(20-18-32)27-13-16-29-25(21-27)10-15-30-28-6-4-3-5-24(28)9-14-31(29)30/h4,6-8,10-13,15-16,21-22H,3,5,9,14,17-20H2,1-2H3. The summed E-state index contributed by atoms with van der Waals surface area (Å²) in [5.74, 6) is 0.590. The van der Waals surface area contributed by atoms with Crippen molar-refractivity contribution in [3.05, 3.63) is 89.0 Å². The lowest BCUT2D eigenvalue weighted by molar-refractivity contribution is 0.653. The van der Waals surface area contributed by atoms with Gasteiger partial charge in [-0.2, -0.15) is 0 Å². The molecular formula is C31H34N2. The second-order valence-corrected chi connectivity index (χ2v) is 10.2. The zero-order valence-corrected chi connectivity index (χ0v) is 20.0. The molecule has 0 amide bonds. The SMILES string of the molecule is CC(C)c1ccc(N2CCN(c3ccc4c5c(ccc4c3)C3=C(CCC=C3)CC5)CC2)cc1. The van der Waals surface area contributed by atoms with Crippen LogP contribution in [0.1, 0.15) is 55.7 Å². The summed E-state index contributed by atoms with van der Waals surface area (Å²) in [5, 5.41) is 2.84. The minimum atomic E-state index is 0.590. The van der Waals surface area contributed by atoms with Gasteiger partial charge in [-0.15, -0.1) is 0 Å². The van der Waals surface area contributed by atoms with Crippen LogP contribution in [-0.2, 0) is 6.42 Å². The van der Waals surface area contributed by atoms with Crippen LogP contribution in [0.5, 0.6) is 0 Å². The van der Waals surface area contributed by atoms with E-state index in [4.69, 9.17) is 0 Å². The zero-order chi connectivity index (χ0) is 22.4. The van der Waals surface area contributed by atoms with Crippen LogP contribution in [0, 0.1) is 0 Å². The number of anilines is 2. The largest absolute Gasteiger partial charge is 0.368 e. The van der Waals surface area contributed by atoms with Gasteiger partial charge in [0.25, 0.3) is 0 Å². The van der Waals surface area contributed by atoms with Crippen molar-refractivity contribution in [1.29, 1.82) is 0 Å². The fraction of sp³-hybridized carbons (Fsp3) is 0.355. The third-order valence-electron chi connectivity index (χ3n) is 7.93. The van der Waals surface area contributed by atoms with Gasteiger partial charge in [0.1, 0.15) is 0 Å². The van der Waals surface area contributed by atoms with Gasteiger partial charge in [-0.25, -0.2) is 0 Å². The van der Waals surface area contributed by atoms with E-state index in [-0.39, 0.29) is 0 Å². The van der Waals surface area contributed by atoms with Crippen molar-refractivity contribution in [2.24, 2.45) is 0 Å². The van der Waals surface area contributed by atoms with Crippen molar-refractivity contribution in [2.45, 2.75) is 45.4 Å². The maximum atomic E-state index is 2.56. The zero-order valence-electron chi connectivity index (χ0n) is 20.0. The first kappa shape index (κ1) is 20.6. The van der Waals surface area contributed by atoms with Crippen LogP contribution in [0.15, 0.2) is 72.3 Å². The van der Waals surface area contributed by atoms with Crippen molar-refractivity contribution >= 4 is 27.7 Å². The Morgan fingerprint density at radius 1 is 0.727 bits per heavy atom. The molecule has 2 nitrogen and oxygen atoms in total. The molecular weight excluding hydrogens is 400 g/mol. The van der Waals surface area contributed by atoms with Gasteiger partial charge in [-0.05, 0) is 88.9 Å². The molecule has 0 atom stereocenters. The predicted molar refractivity (Wildman–Crippen MR) is 143 cm³/mol. The van der Waals surface area contributed by atoms with E-state index in [1.165, 1.54) is 64.5 Å². The van der Waals surface area contributed by atoms with Crippen LogP contribution in [0.4, 0.5) is 11.4 Å². The van der Waals surface area contributed by atoms with Crippen LogP contribution < -0.4 is 9.80 Å². The maximum Gasteiger partial charge on any atom is 0.0373 e. The van der Waals surface area contributed by atoms with E-state index in [0.717, 1.165) is 26.2 Å². The summed E-state index contributed by atoms with van der Waals surface area (Å²) in [6.07, 6.45) is 9.59. The minimum absolute atomic E-state index is 0.590. The van der Waals surface area contributed by atoms with Crippen molar-refractivity contribution in [3.63, 3.8) is 0 Å². The van der Waals surface area contributed by atoms with E-state index in [0.29, 0.717) is 5.92 Å². The van der Waals surface area contributed by atoms with Crippen LogP contribution in [0.3, 0.4) is 0 Å². The Labute approximate surface area is 198 Å². The highest BCUT2D eigenvalue weighted by atomic mass is 15.3. The lowest BCUT2D eigenvalue weighted by atomic mass is 9.79. The molecule has 2 aliphatic carbocycles. The average Bonchev–Trinajstić information content (AvgIpc) is 2.88. The summed E-state index contributed by atoms with van der Waals surface area (Å²) in [4.78, 5) is 5.09. The monoisotopic (exact) mass is 434 g/mol. The number of fused-ring (bicyclic) bond motifs is 4. The van der Waals surface area contributed by atoms with Crippen molar-refractivity contribution < 1.29 is 0 Å². The van der Waals surface area contributed by atoms with Gasteiger partial charge in [0.05, 0.1) is 0 Å². The predicted octanol–water partition coefficient (Wildman–Crippen LogP) is 7.34. The van der Waals surface area contributed by atoms with E-state index in [1.807, 2.05) is 0 Å². The third kappa shape index (κ3) is 3.76.